The van der Waals surface area contributed by atoms with Gasteiger partial charge in [-0.05, 0) is 67.8 Å². The highest BCUT2D eigenvalue weighted by molar-refractivity contribution is 7.90. The summed E-state index contributed by atoms with van der Waals surface area (Å²) >= 11 is 0. The summed E-state index contributed by atoms with van der Waals surface area (Å²) in [5.41, 5.74) is 2.73. The number of amides is 1. The van der Waals surface area contributed by atoms with Crippen molar-refractivity contribution in [3.63, 3.8) is 0 Å². The SMILES string of the molecule is Cc1cnn(-c2ccc(C(=O)Nc3cccc(S(=O)(=O)/N=C4\CCCCCN4C)c3)cc2)c1. The zero-order valence-corrected chi connectivity index (χ0v) is 19.5. The highest BCUT2D eigenvalue weighted by atomic mass is 32.2. The average molecular weight is 466 g/mol. The molecule has 1 saturated heterocycles. The van der Waals surface area contributed by atoms with Crippen LogP contribution in [0.1, 0.15) is 41.6 Å². The van der Waals surface area contributed by atoms with Crippen molar-refractivity contribution in [1.29, 1.82) is 0 Å². The number of anilines is 1. The monoisotopic (exact) mass is 465 g/mol. The van der Waals surface area contributed by atoms with Crippen molar-refractivity contribution >= 4 is 27.5 Å². The molecule has 3 aromatic rings. The van der Waals surface area contributed by atoms with E-state index in [0.717, 1.165) is 37.1 Å². The van der Waals surface area contributed by atoms with Crippen LogP contribution in [0.3, 0.4) is 0 Å². The fourth-order valence-electron chi connectivity index (χ4n) is 3.69. The number of sulfonamides is 1. The Kier molecular flexibility index (Phi) is 6.60. The molecular weight excluding hydrogens is 438 g/mol. The summed E-state index contributed by atoms with van der Waals surface area (Å²) in [6.45, 7) is 2.75. The van der Waals surface area contributed by atoms with Crippen LogP contribution in [0.15, 0.2) is 70.2 Å². The van der Waals surface area contributed by atoms with Crippen LogP contribution in [0.4, 0.5) is 5.69 Å². The van der Waals surface area contributed by atoms with Crippen molar-refractivity contribution in [2.45, 2.75) is 37.5 Å². The lowest BCUT2D eigenvalue weighted by atomic mass is 10.2. The van der Waals surface area contributed by atoms with Crippen molar-refractivity contribution in [3.05, 3.63) is 72.1 Å². The van der Waals surface area contributed by atoms with E-state index < -0.39 is 10.0 Å². The lowest BCUT2D eigenvalue weighted by molar-refractivity contribution is 0.102. The molecular formula is C24H27N5O3S. The number of carbonyl (C=O) groups is 1. The Morgan fingerprint density at radius 2 is 1.88 bits per heavy atom. The molecule has 0 aliphatic carbocycles. The Hall–Kier alpha value is -3.46. The van der Waals surface area contributed by atoms with E-state index in [9.17, 15) is 13.2 Å². The van der Waals surface area contributed by atoms with E-state index in [1.807, 2.05) is 37.2 Å². The minimum Gasteiger partial charge on any atom is -0.362 e. The van der Waals surface area contributed by atoms with Crippen LogP contribution in [0.5, 0.6) is 0 Å². The van der Waals surface area contributed by atoms with E-state index in [-0.39, 0.29) is 10.8 Å². The van der Waals surface area contributed by atoms with Crippen molar-refractivity contribution in [2.24, 2.45) is 4.40 Å². The highest BCUT2D eigenvalue weighted by Gasteiger charge is 2.19. The van der Waals surface area contributed by atoms with Gasteiger partial charge in [-0.2, -0.15) is 13.5 Å². The first-order chi connectivity index (χ1) is 15.8. The molecule has 4 rings (SSSR count). The molecule has 9 heteroatoms. The van der Waals surface area contributed by atoms with Crippen LogP contribution in [0.2, 0.25) is 0 Å². The van der Waals surface area contributed by atoms with Gasteiger partial charge in [-0.3, -0.25) is 4.79 Å². The summed E-state index contributed by atoms with van der Waals surface area (Å²) in [6.07, 6.45) is 7.32. The van der Waals surface area contributed by atoms with Gasteiger partial charge in [0.15, 0.2) is 0 Å². The standard InChI is InChI=1S/C24H27N5O3S/c1-18-16-25-29(17-18)21-12-10-19(11-13-21)24(30)26-20-7-6-8-22(15-20)33(31,32)27-23-9-4-3-5-14-28(23)2/h6-8,10-13,15-17H,3-5,9,14H2,1-2H3,(H,26,30)/b27-23+. The van der Waals surface area contributed by atoms with Crippen LogP contribution >= 0.6 is 0 Å². The van der Waals surface area contributed by atoms with Crippen molar-refractivity contribution in [1.82, 2.24) is 14.7 Å². The second kappa shape index (κ2) is 9.58. The van der Waals surface area contributed by atoms with E-state index in [1.54, 1.807) is 35.1 Å². The fourth-order valence-corrected chi connectivity index (χ4v) is 4.83. The predicted molar refractivity (Wildman–Crippen MR) is 128 cm³/mol. The molecule has 2 aromatic carbocycles. The van der Waals surface area contributed by atoms with Gasteiger partial charge in [0.2, 0.25) is 0 Å². The Balaban J connectivity index is 1.50. The summed E-state index contributed by atoms with van der Waals surface area (Å²) in [7, 11) is -2.01. The van der Waals surface area contributed by atoms with E-state index >= 15 is 0 Å². The lowest BCUT2D eigenvalue weighted by Crippen LogP contribution is -2.26. The highest BCUT2D eigenvalue weighted by Crippen LogP contribution is 2.21. The number of nitrogens with one attached hydrogen (secondary N) is 1. The number of aryl methyl sites for hydroxylation is 1. The van der Waals surface area contributed by atoms with Crippen molar-refractivity contribution in [2.75, 3.05) is 18.9 Å². The first-order valence-corrected chi connectivity index (χ1v) is 12.3. The second-order valence-corrected chi connectivity index (χ2v) is 9.81. The largest absolute Gasteiger partial charge is 0.362 e. The maximum Gasteiger partial charge on any atom is 0.284 e. The van der Waals surface area contributed by atoms with Gasteiger partial charge < -0.3 is 10.2 Å². The lowest BCUT2D eigenvalue weighted by Gasteiger charge is -2.17. The Morgan fingerprint density at radius 3 is 2.61 bits per heavy atom. The predicted octanol–water partition coefficient (Wildman–Crippen LogP) is 4.03. The van der Waals surface area contributed by atoms with Crippen LogP contribution < -0.4 is 5.32 Å². The number of hydrogen-bond donors (Lipinski definition) is 1. The third-order valence-corrected chi connectivity index (χ3v) is 6.86. The minimum atomic E-state index is -3.88. The molecule has 1 aromatic heterocycles. The van der Waals surface area contributed by atoms with Gasteiger partial charge in [-0.25, -0.2) is 4.68 Å². The zero-order valence-electron chi connectivity index (χ0n) is 18.7. The molecule has 1 aliphatic heterocycles. The molecule has 0 saturated carbocycles. The Bertz CT molecular complexity index is 1280. The van der Waals surface area contributed by atoms with Crippen molar-refractivity contribution in [3.8, 4) is 5.69 Å². The summed E-state index contributed by atoms with van der Waals surface area (Å²) in [5, 5.41) is 7.03. The number of nitrogens with zero attached hydrogens (tertiary/aromatic N) is 4. The van der Waals surface area contributed by atoms with Gasteiger partial charge in [-0.1, -0.05) is 12.5 Å². The number of rotatable bonds is 5. The van der Waals surface area contributed by atoms with E-state index in [4.69, 9.17) is 0 Å². The summed E-state index contributed by atoms with van der Waals surface area (Å²) in [6, 6.07) is 13.2. The quantitative estimate of drug-likeness (QED) is 0.614. The number of benzene rings is 2. The van der Waals surface area contributed by atoms with Gasteiger partial charge >= 0.3 is 0 Å². The number of hydrogen-bond acceptors (Lipinski definition) is 4. The van der Waals surface area contributed by atoms with Crippen molar-refractivity contribution < 1.29 is 13.2 Å². The molecule has 1 aliphatic rings. The molecule has 0 bridgehead atoms. The van der Waals surface area contributed by atoms with Gasteiger partial charge in [0, 0.05) is 37.5 Å². The molecule has 0 atom stereocenters. The van der Waals surface area contributed by atoms with E-state index in [0.29, 0.717) is 23.5 Å². The van der Waals surface area contributed by atoms with E-state index in [1.165, 1.54) is 12.1 Å². The number of amidine groups is 1. The van der Waals surface area contributed by atoms with E-state index in [2.05, 4.69) is 14.8 Å². The maximum atomic E-state index is 12.9. The number of aromatic nitrogens is 2. The first kappa shape index (κ1) is 22.7. The molecule has 33 heavy (non-hydrogen) atoms. The summed E-state index contributed by atoms with van der Waals surface area (Å²) in [5.74, 6) is 0.247. The average Bonchev–Trinajstić information content (AvgIpc) is 3.14. The molecule has 172 valence electrons. The molecule has 8 nitrogen and oxygen atoms in total. The maximum absolute atomic E-state index is 12.9. The third-order valence-electron chi connectivity index (χ3n) is 5.56. The summed E-state index contributed by atoms with van der Waals surface area (Å²) in [4.78, 5) is 14.7. The molecule has 0 radical (unpaired) electrons. The summed E-state index contributed by atoms with van der Waals surface area (Å²) < 4.78 is 31.6. The molecule has 2 heterocycles. The van der Waals surface area contributed by atoms with Gasteiger partial charge in [-0.15, -0.1) is 4.40 Å². The van der Waals surface area contributed by atoms with Crippen LogP contribution in [0, 0.1) is 6.92 Å². The molecule has 0 spiro atoms. The Labute approximate surface area is 194 Å². The number of carbonyl (C=O) groups excluding carboxylic acids is 1. The molecule has 1 fully saturated rings. The second-order valence-electron chi connectivity index (χ2n) is 8.21. The van der Waals surface area contributed by atoms with Gasteiger partial charge in [0.05, 0.1) is 16.8 Å². The van der Waals surface area contributed by atoms with Crippen LogP contribution in [-0.4, -0.2) is 48.4 Å². The molecule has 0 unspecified atom stereocenters. The molecule has 1 amide bonds. The van der Waals surface area contributed by atoms with Crippen LogP contribution in [-0.2, 0) is 10.0 Å². The third kappa shape index (κ3) is 5.48. The van der Waals surface area contributed by atoms with Gasteiger partial charge in [0.1, 0.15) is 5.84 Å². The fraction of sp³-hybridized carbons (Fsp3) is 0.292. The smallest absolute Gasteiger partial charge is 0.284 e. The van der Waals surface area contributed by atoms with Crippen LogP contribution in [0.25, 0.3) is 5.69 Å². The minimum absolute atomic E-state index is 0.0508. The topological polar surface area (TPSA) is 96.7 Å². The normalized spacial score (nSPS) is 15.9. The number of likely N-dealkylation sites (tertiary alicyclic amines) is 1. The Morgan fingerprint density at radius 1 is 1.09 bits per heavy atom. The van der Waals surface area contributed by atoms with Gasteiger partial charge in [0.25, 0.3) is 15.9 Å². The molecule has 1 N–H and O–H groups in total. The first-order valence-electron chi connectivity index (χ1n) is 10.9. The zero-order chi connectivity index (χ0) is 23.4.